The fourth-order valence-corrected chi connectivity index (χ4v) is 5.84. The molecule has 0 bridgehead atoms. The molecule has 0 radical (unpaired) electrons. The number of hydrogen-bond acceptors (Lipinski definition) is 3. The van der Waals surface area contributed by atoms with E-state index in [2.05, 4.69) is 63.2 Å². The molecule has 0 unspecified atom stereocenters. The van der Waals surface area contributed by atoms with Gasteiger partial charge in [-0.3, -0.25) is 4.90 Å². The molecule has 2 aliphatic rings. The van der Waals surface area contributed by atoms with Crippen molar-refractivity contribution in [1.29, 1.82) is 0 Å². The largest absolute Gasteiger partial charge is 0.379 e. The third-order valence-corrected chi connectivity index (χ3v) is 7.51. The molecule has 1 aromatic carbocycles. The topological polar surface area (TPSA) is 33.2 Å². The SMILES string of the molecule is Cc1c(C(=C2CC2)c2cc3ccccc3[nH]2)c2ccsc2n1CCN1CCOCC1. The van der Waals surface area contributed by atoms with E-state index in [1.807, 2.05) is 11.3 Å². The summed E-state index contributed by atoms with van der Waals surface area (Å²) in [7, 11) is 0. The molecule has 3 aromatic heterocycles. The Hall–Kier alpha value is -2.34. The monoisotopic (exact) mass is 417 g/mol. The van der Waals surface area contributed by atoms with Crippen LogP contribution in [0.3, 0.4) is 0 Å². The number of thiophene rings is 1. The Bertz CT molecular complexity index is 1210. The number of nitrogens with zero attached hydrogens (tertiary/aromatic N) is 2. The second-order valence-corrected chi connectivity index (χ2v) is 9.35. The van der Waals surface area contributed by atoms with Crippen molar-refractivity contribution in [2.45, 2.75) is 26.3 Å². The summed E-state index contributed by atoms with van der Waals surface area (Å²) in [5, 5.41) is 4.95. The molecule has 1 aliphatic heterocycles. The Labute approximate surface area is 180 Å². The van der Waals surface area contributed by atoms with Crippen LogP contribution in [0, 0.1) is 6.92 Å². The maximum atomic E-state index is 5.52. The summed E-state index contributed by atoms with van der Waals surface area (Å²) >= 11 is 1.87. The molecule has 4 heterocycles. The lowest BCUT2D eigenvalue weighted by molar-refractivity contribution is 0.0365. The van der Waals surface area contributed by atoms with Gasteiger partial charge in [-0.15, -0.1) is 11.3 Å². The number of hydrogen-bond donors (Lipinski definition) is 1. The van der Waals surface area contributed by atoms with E-state index in [9.17, 15) is 0 Å². The van der Waals surface area contributed by atoms with Crippen LogP contribution in [0.15, 0.2) is 47.4 Å². The van der Waals surface area contributed by atoms with Crippen LogP contribution in [0.1, 0.15) is 29.8 Å². The van der Waals surface area contributed by atoms with Gasteiger partial charge in [0, 0.05) is 65.0 Å². The molecule has 5 heteroatoms. The van der Waals surface area contributed by atoms with E-state index in [-0.39, 0.29) is 0 Å². The lowest BCUT2D eigenvalue weighted by Crippen LogP contribution is -2.38. The van der Waals surface area contributed by atoms with Crippen LogP contribution in [0.25, 0.3) is 26.7 Å². The maximum absolute atomic E-state index is 5.52. The molecule has 1 aliphatic carbocycles. The highest BCUT2D eigenvalue weighted by Crippen LogP contribution is 2.45. The first-order valence-electron chi connectivity index (χ1n) is 11.0. The van der Waals surface area contributed by atoms with Gasteiger partial charge >= 0.3 is 0 Å². The minimum Gasteiger partial charge on any atom is -0.379 e. The fraction of sp³-hybridized carbons (Fsp3) is 0.360. The molecule has 4 aromatic rings. The lowest BCUT2D eigenvalue weighted by Gasteiger charge is -2.27. The summed E-state index contributed by atoms with van der Waals surface area (Å²) in [6, 6.07) is 13.3. The zero-order valence-electron chi connectivity index (χ0n) is 17.4. The first-order valence-corrected chi connectivity index (χ1v) is 11.8. The molecule has 6 rings (SSSR count). The van der Waals surface area contributed by atoms with Crippen molar-refractivity contribution in [3.63, 3.8) is 0 Å². The van der Waals surface area contributed by atoms with Crippen molar-refractivity contribution in [2.75, 3.05) is 32.8 Å². The van der Waals surface area contributed by atoms with E-state index in [0.717, 1.165) is 39.4 Å². The standard InChI is InChI=1S/C25H27N3OS/c1-17-23(24(18-6-7-18)22-16-19-4-2-3-5-21(19)26-22)20-8-15-30-25(20)28(17)10-9-27-11-13-29-14-12-27/h2-5,8,15-16,26H,6-7,9-14H2,1H3. The summed E-state index contributed by atoms with van der Waals surface area (Å²) in [6.45, 7) is 8.26. The van der Waals surface area contributed by atoms with Crippen LogP contribution in [-0.4, -0.2) is 47.3 Å². The third kappa shape index (κ3) is 3.13. The van der Waals surface area contributed by atoms with Crippen LogP contribution in [-0.2, 0) is 11.3 Å². The molecular weight excluding hydrogens is 390 g/mol. The molecule has 0 atom stereocenters. The van der Waals surface area contributed by atoms with Crippen LogP contribution >= 0.6 is 11.3 Å². The quantitative estimate of drug-likeness (QED) is 0.470. The van der Waals surface area contributed by atoms with Crippen LogP contribution in [0.4, 0.5) is 0 Å². The maximum Gasteiger partial charge on any atom is 0.103 e. The second kappa shape index (κ2) is 7.41. The number of rotatable bonds is 5. The normalized spacial score (nSPS) is 17.3. The fourth-order valence-electron chi connectivity index (χ4n) is 4.86. The van der Waals surface area contributed by atoms with E-state index in [4.69, 9.17) is 4.74 Å². The van der Waals surface area contributed by atoms with Gasteiger partial charge in [0.05, 0.1) is 13.2 Å². The van der Waals surface area contributed by atoms with E-state index in [1.54, 1.807) is 5.57 Å². The van der Waals surface area contributed by atoms with Gasteiger partial charge < -0.3 is 14.3 Å². The molecule has 4 nitrogen and oxygen atoms in total. The predicted molar refractivity (Wildman–Crippen MR) is 125 cm³/mol. The number of para-hydroxylation sites is 1. The molecule has 1 saturated carbocycles. The number of aromatic amines is 1. The Morgan fingerprint density at radius 2 is 1.93 bits per heavy atom. The Kier molecular flexibility index (Phi) is 4.55. The smallest absolute Gasteiger partial charge is 0.103 e. The molecule has 0 amide bonds. The van der Waals surface area contributed by atoms with Gasteiger partial charge in [0.15, 0.2) is 0 Å². The summed E-state index contributed by atoms with van der Waals surface area (Å²) < 4.78 is 8.07. The molecular formula is C25H27N3OS. The molecule has 1 saturated heterocycles. The van der Waals surface area contributed by atoms with Crippen LogP contribution in [0.5, 0.6) is 0 Å². The van der Waals surface area contributed by atoms with Crippen molar-refractivity contribution in [1.82, 2.24) is 14.5 Å². The predicted octanol–water partition coefficient (Wildman–Crippen LogP) is 5.42. The minimum absolute atomic E-state index is 0.862. The van der Waals surface area contributed by atoms with Gasteiger partial charge in [-0.2, -0.15) is 0 Å². The van der Waals surface area contributed by atoms with Crippen molar-refractivity contribution in [2.24, 2.45) is 0 Å². The van der Waals surface area contributed by atoms with Crippen LogP contribution < -0.4 is 0 Å². The summed E-state index contributed by atoms with van der Waals surface area (Å²) in [5.74, 6) is 0. The zero-order valence-corrected chi connectivity index (χ0v) is 18.2. The molecule has 1 N–H and O–H groups in total. The summed E-state index contributed by atoms with van der Waals surface area (Å²) in [5.41, 5.74) is 8.35. The van der Waals surface area contributed by atoms with Gasteiger partial charge in [-0.05, 0) is 43.3 Å². The number of fused-ring (bicyclic) bond motifs is 2. The average molecular weight is 418 g/mol. The molecule has 0 spiro atoms. The van der Waals surface area contributed by atoms with E-state index >= 15 is 0 Å². The first-order chi connectivity index (χ1) is 14.8. The van der Waals surface area contributed by atoms with E-state index < -0.39 is 0 Å². The first kappa shape index (κ1) is 18.4. The van der Waals surface area contributed by atoms with Crippen LogP contribution in [0.2, 0.25) is 0 Å². The number of ether oxygens (including phenoxy) is 1. The number of H-pyrrole nitrogens is 1. The Balaban J connectivity index is 1.43. The molecule has 2 fully saturated rings. The highest BCUT2D eigenvalue weighted by atomic mass is 32.1. The van der Waals surface area contributed by atoms with Crippen molar-refractivity contribution >= 4 is 38.0 Å². The van der Waals surface area contributed by atoms with Gasteiger partial charge in [0.25, 0.3) is 0 Å². The summed E-state index contributed by atoms with van der Waals surface area (Å²) in [4.78, 5) is 7.64. The zero-order chi connectivity index (χ0) is 20.1. The van der Waals surface area contributed by atoms with Gasteiger partial charge in [0.2, 0.25) is 0 Å². The number of nitrogens with one attached hydrogen (secondary N) is 1. The number of aromatic nitrogens is 2. The number of benzene rings is 1. The second-order valence-electron chi connectivity index (χ2n) is 8.45. The van der Waals surface area contributed by atoms with Crippen molar-refractivity contribution < 1.29 is 4.74 Å². The minimum atomic E-state index is 0.862. The lowest BCUT2D eigenvalue weighted by atomic mass is 9.99. The molecule has 30 heavy (non-hydrogen) atoms. The van der Waals surface area contributed by atoms with E-state index in [0.29, 0.717) is 0 Å². The number of allylic oxidation sites excluding steroid dienone is 1. The highest BCUT2D eigenvalue weighted by molar-refractivity contribution is 7.16. The average Bonchev–Trinajstić information content (AvgIpc) is 3.24. The Morgan fingerprint density at radius 1 is 1.10 bits per heavy atom. The highest BCUT2D eigenvalue weighted by Gasteiger charge is 2.27. The van der Waals surface area contributed by atoms with Gasteiger partial charge in [-0.25, -0.2) is 0 Å². The number of morpholine rings is 1. The van der Waals surface area contributed by atoms with Crippen molar-refractivity contribution in [3.8, 4) is 0 Å². The third-order valence-electron chi connectivity index (χ3n) is 6.57. The van der Waals surface area contributed by atoms with E-state index in [1.165, 1.54) is 56.5 Å². The van der Waals surface area contributed by atoms with Gasteiger partial charge in [-0.1, -0.05) is 23.8 Å². The van der Waals surface area contributed by atoms with Crippen molar-refractivity contribution in [3.05, 3.63) is 64.3 Å². The van der Waals surface area contributed by atoms with Gasteiger partial charge in [0.1, 0.15) is 4.83 Å². The Morgan fingerprint density at radius 3 is 2.73 bits per heavy atom. The molecule has 154 valence electrons. The summed E-state index contributed by atoms with van der Waals surface area (Å²) in [6.07, 6.45) is 2.43.